The molecule has 2 atom stereocenters. The van der Waals surface area contributed by atoms with E-state index in [0.29, 0.717) is 6.61 Å². The monoisotopic (exact) mass is 308 g/mol. The minimum atomic E-state index is -0.244. The molecule has 2 aliphatic rings. The second-order valence-electron chi connectivity index (χ2n) is 6.06. The number of benzene rings is 2. The maximum atomic E-state index is 13.1. The number of hydrogen-bond acceptors (Lipinski definition) is 2. The zero-order valence-corrected chi connectivity index (χ0v) is 12.4. The van der Waals surface area contributed by atoms with Crippen LogP contribution in [-0.4, -0.2) is 15.8 Å². The van der Waals surface area contributed by atoms with Crippen LogP contribution >= 0.6 is 0 Å². The molecule has 0 bridgehead atoms. The normalized spacial score (nSPS) is 21.6. The van der Waals surface area contributed by atoms with Crippen LogP contribution in [0.5, 0.6) is 0 Å². The van der Waals surface area contributed by atoms with Crippen molar-refractivity contribution in [3.05, 3.63) is 77.6 Å². The fourth-order valence-corrected chi connectivity index (χ4v) is 3.64. The maximum Gasteiger partial charge on any atom is 0.272 e. The molecule has 3 aromatic rings. The molecule has 1 aliphatic heterocycles. The van der Waals surface area contributed by atoms with Gasteiger partial charge in [0.2, 0.25) is 0 Å². The van der Waals surface area contributed by atoms with E-state index >= 15 is 0 Å². The van der Waals surface area contributed by atoms with Gasteiger partial charge < -0.3 is 4.74 Å². The summed E-state index contributed by atoms with van der Waals surface area (Å²) in [7, 11) is 0. The molecule has 5 rings (SSSR count). The largest absolute Gasteiger partial charge is 0.363 e. The van der Waals surface area contributed by atoms with Gasteiger partial charge >= 0.3 is 0 Å². The van der Waals surface area contributed by atoms with E-state index in [1.165, 1.54) is 23.3 Å². The Morgan fingerprint density at radius 2 is 1.96 bits per heavy atom. The molecule has 0 amide bonds. The van der Waals surface area contributed by atoms with Crippen molar-refractivity contribution < 1.29 is 13.8 Å². The van der Waals surface area contributed by atoms with Crippen LogP contribution in [-0.2, 0) is 17.8 Å². The molecule has 1 unspecified atom stereocenters. The van der Waals surface area contributed by atoms with Crippen LogP contribution in [0.2, 0.25) is 0 Å². The quantitative estimate of drug-likeness (QED) is 0.646. The number of ether oxygens (including phenoxy) is 1. The Bertz CT molecular complexity index is 888. The van der Waals surface area contributed by atoms with Gasteiger partial charge in [0.05, 0.1) is 0 Å². The van der Waals surface area contributed by atoms with E-state index in [0.717, 1.165) is 17.9 Å². The zero-order valence-electron chi connectivity index (χ0n) is 12.4. The summed E-state index contributed by atoms with van der Waals surface area (Å²) in [6.07, 6.45) is 3.09. The number of fused-ring (bicyclic) bond motifs is 5. The number of halogens is 1. The van der Waals surface area contributed by atoms with Crippen molar-refractivity contribution >= 4 is 0 Å². The average molecular weight is 308 g/mol. The summed E-state index contributed by atoms with van der Waals surface area (Å²) in [5, 5.41) is 4.62. The van der Waals surface area contributed by atoms with Crippen molar-refractivity contribution in [2.24, 2.45) is 0 Å². The van der Waals surface area contributed by atoms with Crippen molar-refractivity contribution in [2.75, 3.05) is 0 Å². The summed E-state index contributed by atoms with van der Waals surface area (Å²) in [5.74, 6) is 0.652. The van der Waals surface area contributed by atoms with Crippen molar-refractivity contribution in [2.45, 2.75) is 25.2 Å². The van der Waals surface area contributed by atoms with Crippen LogP contribution in [0, 0.1) is 5.82 Å². The van der Waals surface area contributed by atoms with Gasteiger partial charge in [-0.1, -0.05) is 24.3 Å². The van der Waals surface area contributed by atoms with E-state index in [1.54, 1.807) is 16.8 Å². The molecule has 0 fully saturated rings. The molecule has 1 aromatic heterocycles. The third-order valence-corrected chi connectivity index (χ3v) is 4.72. The topological polar surface area (TPSA) is 30.9 Å². The summed E-state index contributed by atoms with van der Waals surface area (Å²) in [4.78, 5) is 0. The Morgan fingerprint density at radius 1 is 1.13 bits per heavy atom. The fourth-order valence-electron chi connectivity index (χ4n) is 3.64. The van der Waals surface area contributed by atoms with Gasteiger partial charge in [-0.25, -0.2) is 8.96 Å². The zero-order chi connectivity index (χ0) is 15.4. The van der Waals surface area contributed by atoms with E-state index in [4.69, 9.17) is 4.74 Å². The lowest BCUT2D eigenvalue weighted by atomic mass is 10.1. The number of hydrogen-bond donors (Lipinski definition) is 0. The molecule has 2 heterocycles. The standard InChI is InChI=1S/C18H15FN3O/c19-13-5-7-14(8-6-13)22-11-21-17(20-22)10-23-16-9-12-3-1-2-4-15(12)18(16)21/h1-8,11,16,18H,9-10H2/q+1/t16-,18?/m0/s1. The van der Waals surface area contributed by atoms with Crippen LogP contribution in [0.25, 0.3) is 5.69 Å². The van der Waals surface area contributed by atoms with Crippen LogP contribution in [0.15, 0.2) is 54.9 Å². The van der Waals surface area contributed by atoms with Crippen LogP contribution in [0.1, 0.15) is 23.0 Å². The van der Waals surface area contributed by atoms with Gasteiger partial charge in [-0.05, 0) is 34.9 Å². The highest BCUT2D eigenvalue weighted by molar-refractivity contribution is 5.38. The first kappa shape index (κ1) is 13.0. The Balaban J connectivity index is 1.61. The van der Waals surface area contributed by atoms with Crippen LogP contribution in [0.3, 0.4) is 0 Å². The van der Waals surface area contributed by atoms with Crippen molar-refractivity contribution in [3.8, 4) is 5.69 Å². The number of aromatic nitrogens is 3. The van der Waals surface area contributed by atoms with E-state index < -0.39 is 0 Å². The third kappa shape index (κ3) is 1.93. The first-order valence-electron chi connectivity index (χ1n) is 7.74. The molecule has 0 saturated carbocycles. The Hall–Kier alpha value is -2.53. The Kier molecular flexibility index (Phi) is 2.67. The van der Waals surface area contributed by atoms with Gasteiger partial charge in [0.15, 0.2) is 11.7 Å². The predicted molar refractivity (Wildman–Crippen MR) is 80.6 cm³/mol. The van der Waals surface area contributed by atoms with Crippen molar-refractivity contribution in [1.29, 1.82) is 0 Å². The lowest BCUT2D eigenvalue weighted by Gasteiger charge is -2.22. The summed E-state index contributed by atoms with van der Waals surface area (Å²) in [6.45, 7) is 0.503. The second kappa shape index (κ2) is 4.73. The summed E-state index contributed by atoms with van der Waals surface area (Å²) >= 11 is 0. The summed E-state index contributed by atoms with van der Waals surface area (Å²) in [5.41, 5.74) is 3.50. The molecule has 0 radical (unpaired) electrons. The number of nitrogens with zero attached hydrogens (tertiary/aromatic N) is 3. The highest BCUT2D eigenvalue weighted by Gasteiger charge is 2.43. The lowest BCUT2D eigenvalue weighted by molar-refractivity contribution is -0.657. The van der Waals surface area contributed by atoms with Crippen molar-refractivity contribution in [1.82, 2.24) is 9.67 Å². The van der Waals surface area contributed by atoms with Gasteiger partial charge in [-0.3, -0.25) is 0 Å². The Labute approximate surface area is 132 Å². The molecule has 114 valence electrons. The third-order valence-electron chi connectivity index (χ3n) is 4.72. The highest BCUT2D eigenvalue weighted by Crippen LogP contribution is 2.39. The van der Waals surface area contributed by atoms with Crippen LogP contribution < -0.4 is 4.68 Å². The molecular weight excluding hydrogens is 293 g/mol. The fraction of sp³-hybridized carbons (Fsp3) is 0.222. The SMILES string of the molecule is Fc1ccc(-[n+]2cn3c(n2)CO[C@H]2Cc4ccccc4C23)cc1. The van der Waals surface area contributed by atoms with E-state index in [9.17, 15) is 4.39 Å². The van der Waals surface area contributed by atoms with Gasteiger partial charge in [-0.15, -0.1) is 4.68 Å². The van der Waals surface area contributed by atoms with Gasteiger partial charge in [0.1, 0.15) is 18.5 Å². The maximum absolute atomic E-state index is 13.1. The molecule has 2 aromatic carbocycles. The summed E-state index contributed by atoms with van der Waals surface area (Å²) < 4.78 is 23.1. The molecule has 0 N–H and O–H groups in total. The predicted octanol–water partition coefficient (Wildman–Crippen LogP) is 2.34. The van der Waals surface area contributed by atoms with E-state index in [1.807, 2.05) is 6.33 Å². The number of rotatable bonds is 1. The van der Waals surface area contributed by atoms with Gasteiger partial charge in [-0.2, -0.15) is 0 Å². The molecule has 0 saturated heterocycles. The molecule has 4 nitrogen and oxygen atoms in total. The lowest BCUT2D eigenvalue weighted by Crippen LogP contribution is -2.32. The molecular formula is C18H15FN3O+. The molecule has 5 heteroatoms. The molecule has 0 spiro atoms. The Morgan fingerprint density at radius 3 is 2.83 bits per heavy atom. The molecule has 1 aliphatic carbocycles. The van der Waals surface area contributed by atoms with Gasteiger partial charge in [0.25, 0.3) is 12.2 Å². The van der Waals surface area contributed by atoms with Gasteiger partial charge in [0, 0.05) is 12.0 Å². The average Bonchev–Trinajstić information content (AvgIpc) is 3.16. The first-order valence-corrected chi connectivity index (χ1v) is 7.74. The second-order valence-corrected chi connectivity index (χ2v) is 6.06. The molecule has 23 heavy (non-hydrogen) atoms. The van der Waals surface area contributed by atoms with Crippen LogP contribution in [0.4, 0.5) is 4.39 Å². The summed E-state index contributed by atoms with van der Waals surface area (Å²) in [6, 6.07) is 15.0. The highest BCUT2D eigenvalue weighted by atomic mass is 19.1. The first-order chi connectivity index (χ1) is 11.3. The smallest absolute Gasteiger partial charge is 0.272 e. The minimum absolute atomic E-state index is 0.163. The minimum Gasteiger partial charge on any atom is -0.363 e. The van der Waals surface area contributed by atoms with E-state index in [-0.39, 0.29) is 18.0 Å². The van der Waals surface area contributed by atoms with E-state index in [2.05, 4.69) is 33.9 Å². The van der Waals surface area contributed by atoms with Crippen molar-refractivity contribution in [3.63, 3.8) is 0 Å².